The average molecular weight is 364 g/mol. The molecule has 0 aliphatic carbocycles. The highest BCUT2D eigenvalue weighted by molar-refractivity contribution is 5.98. The van der Waals surface area contributed by atoms with Gasteiger partial charge in [0.1, 0.15) is 11.8 Å². The monoisotopic (exact) mass is 364 g/mol. The number of aromatic nitrogens is 2. The zero-order valence-electron chi connectivity index (χ0n) is 14.7. The maximum absolute atomic E-state index is 12.2. The number of carbonyl (C=O) groups is 2. The van der Waals surface area contributed by atoms with Crippen molar-refractivity contribution in [2.24, 2.45) is 0 Å². The average Bonchev–Trinajstić information content (AvgIpc) is 3.02. The van der Waals surface area contributed by atoms with Crippen LogP contribution in [-0.4, -0.2) is 35.2 Å². The Morgan fingerprint density at radius 3 is 2.70 bits per heavy atom. The van der Waals surface area contributed by atoms with Gasteiger partial charge < -0.3 is 19.8 Å². The van der Waals surface area contributed by atoms with Crippen LogP contribution in [0.25, 0.3) is 16.6 Å². The first-order chi connectivity index (χ1) is 13.0. The molecule has 136 valence electrons. The molecule has 0 radical (unpaired) electrons. The second-order valence-electron chi connectivity index (χ2n) is 5.54. The lowest BCUT2D eigenvalue weighted by molar-refractivity contribution is 0.0519. The van der Waals surface area contributed by atoms with Crippen molar-refractivity contribution in [2.45, 2.75) is 6.92 Å². The van der Waals surface area contributed by atoms with E-state index in [1.165, 1.54) is 17.9 Å². The van der Waals surface area contributed by atoms with Crippen LogP contribution in [0.1, 0.15) is 33.5 Å². The standard InChI is InChI=1S/C19H16N4O4/c1-3-27-18(24)14-8-7-12-13(22-14)5-4-6-15(12)23-10-11(9-20)16(21)17(23)19(25)26-2/h4-8,10H,3,21H2,1-2H3. The SMILES string of the molecule is CCOC(=O)c1ccc2c(-n3cc(C#N)c(N)c3C(=O)OC)cccc2n1. The minimum absolute atomic E-state index is 0.0393. The maximum atomic E-state index is 12.2. The fraction of sp³-hybridized carbons (Fsp3) is 0.158. The number of nitrogens with zero attached hydrogens (tertiary/aromatic N) is 3. The summed E-state index contributed by atoms with van der Waals surface area (Å²) in [5.74, 6) is -1.18. The topological polar surface area (TPSA) is 120 Å². The molecule has 1 aromatic carbocycles. The van der Waals surface area contributed by atoms with Gasteiger partial charge in [-0.05, 0) is 31.2 Å². The molecule has 27 heavy (non-hydrogen) atoms. The highest BCUT2D eigenvalue weighted by Gasteiger charge is 2.23. The largest absolute Gasteiger partial charge is 0.464 e. The van der Waals surface area contributed by atoms with Crippen LogP contribution in [0.3, 0.4) is 0 Å². The smallest absolute Gasteiger partial charge is 0.357 e. The van der Waals surface area contributed by atoms with E-state index in [0.717, 1.165) is 0 Å². The lowest BCUT2D eigenvalue weighted by Crippen LogP contribution is -2.11. The highest BCUT2D eigenvalue weighted by Crippen LogP contribution is 2.29. The Kier molecular flexibility index (Phi) is 4.77. The third kappa shape index (κ3) is 3.06. The molecule has 0 atom stereocenters. The summed E-state index contributed by atoms with van der Waals surface area (Å²) in [5.41, 5.74) is 7.48. The fourth-order valence-corrected chi connectivity index (χ4v) is 2.77. The number of benzene rings is 1. The number of rotatable bonds is 4. The van der Waals surface area contributed by atoms with Crippen molar-refractivity contribution in [3.63, 3.8) is 0 Å². The molecule has 0 unspecified atom stereocenters. The van der Waals surface area contributed by atoms with Crippen molar-refractivity contribution >= 4 is 28.5 Å². The molecule has 2 N–H and O–H groups in total. The van der Waals surface area contributed by atoms with Gasteiger partial charge in [0.05, 0.1) is 36.2 Å². The zero-order chi connectivity index (χ0) is 19.6. The Balaban J connectivity index is 2.23. The van der Waals surface area contributed by atoms with E-state index < -0.39 is 11.9 Å². The molecule has 0 amide bonds. The minimum atomic E-state index is -0.665. The Bertz CT molecular complexity index is 1100. The summed E-state index contributed by atoms with van der Waals surface area (Å²) < 4.78 is 11.3. The van der Waals surface area contributed by atoms with Crippen molar-refractivity contribution in [3.8, 4) is 11.8 Å². The maximum Gasteiger partial charge on any atom is 0.357 e. The van der Waals surface area contributed by atoms with Gasteiger partial charge in [-0.3, -0.25) is 0 Å². The summed E-state index contributed by atoms with van der Waals surface area (Å²) >= 11 is 0. The van der Waals surface area contributed by atoms with E-state index in [1.54, 1.807) is 37.3 Å². The number of methoxy groups -OCH3 is 1. The summed E-state index contributed by atoms with van der Waals surface area (Å²) in [6.45, 7) is 1.97. The molecular formula is C19H16N4O4. The number of ether oxygens (including phenoxy) is 2. The first-order valence-corrected chi connectivity index (χ1v) is 8.08. The molecule has 0 aliphatic rings. The third-order valence-corrected chi connectivity index (χ3v) is 4.00. The van der Waals surface area contributed by atoms with E-state index in [1.807, 2.05) is 6.07 Å². The van der Waals surface area contributed by atoms with Gasteiger partial charge in [-0.15, -0.1) is 0 Å². The number of fused-ring (bicyclic) bond motifs is 1. The lowest BCUT2D eigenvalue weighted by Gasteiger charge is -2.12. The summed E-state index contributed by atoms with van der Waals surface area (Å²) in [7, 11) is 1.24. The number of pyridine rings is 1. The molecule has 0 saturated heterocycles. The zero-order valence-corrected chi connectivity index (χ0v) is 14.7. The van der Waals surface area contributed by atoms with Crippen LogP contribution in [0.15, 0.2) is 36.5 Å². The first kappa shape index (κ1) is 17.9. The fourth-order valence-electron chi connectivity index (χ4n) is 2.77. The molecule has 0 saturated carbocycles. The second-order valence-corrected chi connectivity index (χ2v) is 5.54. The van der Waals surface area contributed by atoms with E-state index >= 15 is 0 Å². The quantitative estimate of drug-likeness (QED) is 0.706. The van der Waals surface area contributed by atoms with Crippen LogP contribution in [0.2, 0.25) is 0 Å². The Morgan fingerprint density at radius 2 is 2.04 bits per heavy atom. The molecule has 0 bridgehead atoms. The molecule has 0 fully saturated rings. The van der Waals surface area contributed by atoms with Gasteiger partial charge in [0, 0.05) is 11.6 Å². The van der Waals surface area contributed by atoms with Crippen LogP contribution >= 0.6 is 0 Å². The van der Waals surface area contributed by atoms with Gasteiger partial charge in [0.15, 0.2) is 5.69 Å². The third-order valence-electron chi connectivity index (χ3n) is 4.00. The van der Waals surface area contributed by atoms with Crippen LogP contribution in [-0.2, 0) is 9.47 Å². The predicted molar refractivity (Wildman–Crippen MR) is 97.5 cm³/mol. The Morgan fingerprint density at radius 1 is 1.26 bits per heavy atom. The molecule has 3 rings (SSSR count). The normalized spacial score (nSPS) is 10.4. The van der Waals surface area contributed by atoms with Crippen molar-refractivity contribution < 1.29 is 19.1 Å². The second kappa shape index (κ2) is 7.17. The van der Waals surface area contributed by atoms with Crippen LogP contribution in [0.4, 0.5) is 5.69 Å². The number of hydrogen-bond acceptors (Lipinski definition) is 7. The van der Waals surface area contributed by atoms with Crippen molar-refractivity contribution in [1.82, 2.24) is 9.55 Å². The number of hydrogen-bond donors (Lipinski definition) is 1. The van der Waals surface area contributed by atoms with Gasteiger partial charge in [0.25, 0.3) is 0 Å². The molecule has 0 aliphatic heterocycles. The van der Waals surface area contributed by atoms with E-state index in [0.29, 0.717) is 16.6 Å². The van der Waals surface area contributed by atoms with E-state index in [4.69, 9.17) is 15.2 Å². The number of nitriles is 1. The van der Waals surface area contributed by atoms with Crippen LogP contribution in [0, 0.1) is 11.3 Å². The van der Waals surface area contributed by atoms with Gasteiger partial charge in [0.2, 0.25) is 0 Å². The molecule has 2 heterocycles. The Labute approximate surface area is 154 Å². The molecule has 3 aromatic rings. The number of esters is 2. The number of nitrogen functional groups attached to an aromatic ring is 1. The van der Waals surface area contributed by atoms with Gasteiger partial charge in [-0.2, -0.15) is 5.26 Å². The summed E-state index contributed by atoms with van der Waals surface area (Å²) in [6, 6.07) is 10.4. The highest BCUT2D eigenvalue weighted by atomic mass is 16.5. The summed E-state index contributed by atoms with van der Waals surface area (Å²) in [6.07, 6.45) is 1.47. The minimum Gasteiger partial charge on any atom is -0.464 e. The Hall–Kier alpha value is -3.86. The summed E-state index contributed by atoms with van der Waals surface area (Å²) in [5, 5.41) is 9.92. The first-order valence-electron chi connectivity index (χ1n) is 8.08. The lowest BCUT2D eigenvalue weighted by atomic mass is 10.1. The van der Waals surface area contributed by atoms with Crippen LogP contribution < -0.4 is 5.73 Å². The van der Waals surface area contributed by atoms with Crippen molar-refractivity contribution in [2.75, 3.05) is 19.5 Å². The molecule has 0 spiro atoms. The summed E-state index contributed by atoms with van der Waals surface area (Å²) in [4.78, 5) is 28.4. The molecule has 2 aromatic heterocycles. The van der Waals surface area contributed by atoms with Gasteiger partial charge in [-0.1, -0.05) is 6.07 Å². The molecule has 8 heteroatoms. The molecular weight excluding hydrogens is 348 g/mol. The van der Waals surface area contributed by atoms with Crippen LogP contribution in [0.5, 0.6) is 0 Å². The van der Waals surface area contributed by atoms with Gasteiger partial charge >= 0.3 is 11.9 Å². The number of nitrogens with two attached hydrogens (primary N) is 1. The van der Waals surface area contributed by atoms with E-state index in [9.17, 15) is 14.9 Å². The van der Waals surface area contributed by atoms with Crippen molar-refractivity contribution in [1.29, 1.82) is 5.26 Å². The number of carbonyl (C=O) groups excluding carboxylic acids is 2. The van der Waals surface area contributed by atoms with E-state index in [2.05, 4.69) is 4.98 Å². The molecule has 8 nitrogen and oxygen atoms in total. The predicted octanol–water partition coefficient (Wildman–Crippen LogP) is 2.44. The number of anilines is 1. The van der Waals surface area contributed by atoms with Crippen molar-refractivity contribution in [3.05, 3.63) is 53.5 Å². The van der Waals surface area contributed by atoms with E-state index in [-0.39, 0.29) is 29.2 Å². The van der Waals surface area contributed by atoms with Gasteiger partial charge in [-0.25, -0.2) is 14.6 Å².